The summed E-state index contributed by atoms with van der Waals surface area (Å²) >= 11 is 0. The molecule has 0 amide bonds. The van der Waals surface area contributed by atoms with Crippen molar-refractivity contribution < 1.29 is 0 Å². The van der Waals surface area contributed by atoms with Crippen LogP contribution in [0, 0.1) is 0 Å². The first kappa shape index (κ1) is 39.1. The van der Waals surface area contributed by atoms with Gasteiger partial charge in [0.1, 0.15) is 0 Å². The lowest BCUT2D eigenvalue weighted by Gasteiger charge is -2.25. The van der Waals surface area contributed by atoms with E-state index in [1.165, 1.54) is 82.7 Å². The first-order valence-electron chi connectivity index (χ1n) is 23.9. The lowest BCUT2D eigenvalue weighted by molar-refractivity contribution is 0.608. The van der Waals surface area contributed by atoms with E-state index in [0.29, 0.717) is 17.6 Å². The maximum absolute atomic E-state index is 5.31. The van der Waals surface area contributed by atoms with E-state index in [0.717, 1.165) is 46.3 Å². The van der Waals surface area contributed by atoms with E-state index < -0.39 is 0 Å². The van der Waals surface area contributed by atoms with Crippen molar-refractivity contribution in [2.75, 3.05) is 0 Å². The van der Waals surface area contributed by atoms with Crippen LogP contribution in [0.1, 0.15) is 62.8 Å². The van der Waals surface area contributed by atoms with Crippen LogP contribution < -0.4 is 0 Å². The Hall–Kier alpha value is -8.15. The van der Waals surface area contributed by atoms with Gasteiger partial charge in [-0.05, 0) is 124 Å². The van der Waals surface area contributed by atoms with Crippen LogP contribution >= 0.6 is 0 Å². The van der Waals surface area contributed by atoms with Gasteiger partial charge in [-0.2, -0.15) is 9.97 Å². The van der Waals surface area contributed by atoms with Gasteiger partial charge in [-0.1, -0.05) is 161 Å². The highest BCUT2D eigenvalue weighted by atomic mass is 15.2. The molecule has 5 nitrogen and oxygen atoms in total. The summed E-state index contributed by atoms with van der Waals surface area (Å²) < 4.78 is 4.74. The Balaban J connectivity index is 1.02. The molecule has 0 spiro atoms. The van der Waals surface area contributed by atoms with E-state index in [9.17, 15) is 0 Å². The molecule has 0 N–H and O–H groups in total. The zero-order valence-corrected chi connectivity index (χ0v) is 38.5. The third-order valence-corrected chi connectivity index (χ3v) is 15.5. The first-order chi connectivity index (χ1) is 33.2. The highest BCUT2D eigenvalue weighted by Crippen LogP contribution is 2.53. The molecule has 3 aliphatic rings. The van der Waals surface area contributed by atoms with E-state index in [4.69, 9.17) is 15.0 Å². The van der Waals surface area contributed by atoms with Gasteiger partial charge < -0.3 is 4.57 Å². The molecule has 14 rings (SSSR count). The fourth-order valence-electron chi connectivity index (χ4n) is 12.1. The number of allylic oxidation sites excluding steroid dienone is 4. The van der Waals surface area contributed by atoms with Crippen molar-refractivity contribution in [3.63, 3.8) is 0 Å². The second-order valence-electron chi connectivity index (χ2n) is 19.9. The van der Waals surface area contributed by atoms with Gasteiger partial charge in [0.15, 0.2) is 11.6 Å². The van der Waals surface area contributed by atoms with Crippen LogP contribution in [0.5, 0.6) is 0 Å². The number of fused-ring (bicyclic) bond motifs is 11. The Kier molecular flexibility index (Phi) is 8.14. The van der Waals surface area contributed by atoms with Crippen LogP contribution in [-0.2, 0) is 10.8 Å². The average molecular weight is 874 g/mol. The van der Waals surface area contributed by atoms with Crippen LogP contribution in [0.25, 0.3) is 106 Å². The van der Waals surface area contributed by atoms with Gasteiger partial charge in [0, 0.05) is 49.2 Å². The molecule has 0 radical (unpaired) electrons. The van der Waals surface area contributed by atoms with Crippen molar-refractivity contribution in [3.8, 4) is 56.7 Å². The number of para-hydroxylation sites is 1. The van der Waals surface area contributed by atoms with Crippen molar-refractivity contribution in [2.45, 2.75) is 51.4 Å². The Morgan fingerprint density at radius 1 is 0.412 bits per heavy atom. The minimum Gasteiger partial charge on any atom is -0.309 e. The molecule has 3 aliphatic carbocycles. The van der Waals surface area contributed by atoms with Crippen molar-refractivity contribution >= 4 is 49.2 Å². The van der Waals surface area contributed by atoms with Gasteiger partial charge in [-0.3, -0.25) is 4.57 Å². The second-order valence-corrected chi connectivity index (χ2v) is 19.9. The second kappa shape index (κ2) is 14.2. The van der Waals surface area contributed by atoms with E-state index in [-0.39, 0.29) is 10.8 Å². The molecule has 0 atom stereocenters. The number of benzene rings is 8. The SMILES string of the molecule is CC1(C)C2=C(C=CCC2)c2cc3c4cc(-c5ccc6c(c5)c5cc7c(cc5n6-c5ccccc5)C(C)(C)c5ccccc5-7)ccc4n(-c4nc(-c5ccccc5)nc(-c5ccccc5)n4)c3cc21. The van der Waals surface area contributed by atoms with E-state index in [1.807, 2.05) is 36.4 Å². The van der Waals surface area contributed by atoms with Gasteiger partial charge in [0.2, 0.25) is 5.95 Å². The van der Waals surface area contributed by atoms with Crippen LogP contribution in [-0.4, -0.2) is 24.1 Å². The lowest BCUT2D eigenvalue weighted by Crippen LogP contribution is -2.18. The first-order valence-corrected chi connectivity index (χ1v) is 23.9. The Labute approximate surface area is 395 Å². The highest BCUT2D eigenvalue weighted by Gasteiger charge is 2.39. The molecule has 0 bridgehead atoms. The number of hydrogen-bond donors (Lipinski definition) is 0. The van der Waals surface area contributed by atoms with Crippen molar-refractivity contribution in [3.05, 3.63) is 216 Å². The van der Waals surface area contributed by atoms with Crippen LogP contribution in [0.15, 0.2) is 194 Å². The van der Waals surface area contributed by atoms with E-state index in [2.05, 4.69) is 189 Å². The summed E-state index contributed by atoms with van der Waals surface area (Å²) in [4.78, 5) is 15.7. The topological polar surface area (TPSA) is 48.5 Å². The van der Waals surface area contributed by atoms with Gasteiger partial charge in [-0.15, -0.1) is 0 Å². The molecule has 324 valence electrons. The molecule has 8 aromatic carbocycles. The van der Waals surface area contributed by atoms with Gasteiger partial charge >= 0.3 is 0 Å². The molecule has 0 fully saturated rings. The fraction of sp³-hybridized carbons (Fsp3) is 0.127. The van der Waals surface area contributed by atoms with Crippen LogP contribution in [0.3, 0.4) is 0 Å². The lowest BCUT2D eigenvalue weighted by atomic mass is 9.78. The van der Waals surface area contributed by atoms with E-state index in [1.54, 1.807) is 0 Å². The predicted octanol–water partition coefficient (Wildman–Crippen LogP) is 15.8. The fourth-order valence-corrected chi connectivity index (χ4v) is 12.1. The summed E-state index contributed by atoms with van der Waals surface area (Å²) in [6, 6.07) is 64.2. The quantitative estimate of drug-likeness (QED) is 0.173. The maximum Gasteiger partial charge on any atom is 0.238 e. The normalized spacial score (nSPS) is 15.4. The summed E-state index contributed by atoms with van der Waals surface area (Å²) in [5.41, 5.74) is 20.8. The molecule has 3 aromatic heterocycles. The summed E-state index contributed by atoms with van der Waals surface area (Å²) in [5.74, 6) is 1.89. The third kappa shape index (κ3) is 5.53. The van der Waals surface area contributed by atoms with Crippen LogP contribution in [0.2, 0.25) is 0 Å². The molecule has 0 aliphatic heterocycles. The highest BCUT2D eigenvalue weighted by molar-refractivity contribution is 6.15. The minimum atomic E-state index is -0.105. The molecule has 0 unspecified atom stereocenters. The zero-order chi connectivity index (χ0) is 45.5. The van der Waals surface area contributed by atoms with Gasteiger partial charge in [0.25, 0.3) is 0 Å². The Morgan fingerprint density at radius 3 is 1.59 bits per heavy atom. The predicted molar refractivity (Wildman–Crippen MR) is 281 cm³/mol. The minimum absolute atomic E-state index is 0.105. The third-order valence-electron chi connectivity index (χ3n) is 15.5. The number of nitrogens with zero attached hydrogens (tertiary/aromatic N) is 5. The average Bonchev–Trinajstić information content (AvgIpc) is 4.03. The molecule has 0 saturated heterocycles. The number of rotatable bonds is 5. The van der Waals surface area contributed by atoms with Gasteiger partial charge in [0.05, 0.1) is 22.1 Å². The molecule has 3 heterocycles. The summed E-state index contributed by atoms with van der Waals surface area (Å²) in [5, 5.41) is 4.85. The molecule has 5 heteroatoms. The maximum atomic E-state index is 5.31. The monoisotopic (exact) mass is 873 g/mol. The van der Waals surface area contributed by atoms with Gasteiger partial charge in [-0.25, -0.2) is 4.98 Å². The Bertz CT molecular complexity index is 3940. The number of hydrogen-bond acceptors (Lipinski definition) is 3. The Morgan fingerprint density at radius 2 is 0.941 bits per heavy atom. The van der Waals surface area contributed by atoms with Crippen molar-refractivity contribution in [1.82, 2.24) is 24.1 Å². The summed E-state index contributed by atoms with van der Waals surface area (Å²) in [6.45, 7) is 9.53. The largest absolute Gasteiger partial charge is 0.309 e. The number of aromatic nitrogens is 5. The van der Waals surface area contributed by atoms with Crippen molar-refractivity contribution in [1.29, 1.82) is 0 Å². The molecule has 0 saturated carbocycles. The standard InChI is InChI=1S/C63H47N5/c1-62(2)51-26-16-14-24-43(51)45-34-49-47-32-40(28-30-55(47)67(57(49)36-53(45)62)42-22-12-7-13-23-42)41-29-31-56-48(33-41)50-35-46-44-25-15-17-27-52(44)63(3,4)54(46)37-58(50)68(56)61-65-59(38-18-8-5-9-19-38)64-60(66-61)39-20-10-6-11-21-39/h5-16,18-26,28-37H,17,27H2,1-4H3. The molecule has 11 aromatic rings. The molecular weight excluding hydrogens is 827 g/mol. The van der Waals surface area contributed by atoms with Crippen molar-refractivity contribution in [2.24, 2.45) is 0 Å². The summed E-state index contributed by atoms with van der Waals surface area (Å²) in [7, 11) is 0. The smallest absolute Gasteiger partial charge is 0.238 e. The van der Waals surface area contributed by atoms with Crippen LogP contribution in [0.4, 0.5) is 0 Å². The van der Waals surface area contributed by atoms with E-state index >= 15 is 0 Å². The molecular formula is C63H47N5. The molecule has 68 heavy (non-hydrogen) atoms. The summed E-state index contributed by atoms with van der Waals surface area (Å²) in [6.07, 6.45) is 6.86. The zero-order valence-electron chi connectivity index (χ0n) is 38.5.